The van der Waals surface area contributed by atoms with Crippen molar-refractivity contribution in [2.45, 2.75) is 58.0 Å². The molecule has 4 rings (SSSR count). The Balaban J connectivity index is 1.27. The molecule has 0 aliphatic heterocycles. The minimum absolute atomic E-state index is 0.357. The van der Waals surface area contributed by atoms with Crippen LogP contribution in [0.4, 0.5) is 0 Å². The van der Waals surface area contributed by atoms with E-state index >= 15 is 0 Å². The van der Waals surface area contributed by atoms with Crippen molar-refractivity contribution >= 4 is 11.5 Å². The predicted molar refractivity (Wildman–Crippen MR) is 145 cm³/mol. The maximum Gasteiger partial charge on any atom is 0.333 e. The van der Waals surface area contributed by atoms with Gasteiger partial charge >= 0.3 is 5.97 Å². The molecule has 0 heterocycles. The zero-order valence-corrected chi connectivity index (χ0v) is 21.1. The Morgan fingerprint density at radius 3 is 2.03 bits per heavy atom. The van der Waals surface area contributed by atoms with E-state index in [0.717, 1.165) is 30.6 Å². The summed E-state index contributed by atoms with van der Waals surface area (Å²) in [5, 5.41) is 9.53. The molecule has 188 valence electrons. The maximum atomic E-state index is 11.6. The molecule has 0 aromatic heterocycles. The number of hydrogen-bond acceptors (Lipinski definition) is 3. The lowest BCUT2D eigenvalue weighted by Gasteiger charge is -2.14. The summed E-state index contributed by atoms with van der Waals surface area (Å²) < 4.78 is 11.6. The van der Waals surface area contributed by atoms with E-state index in [1.807, 2.05) is 24.3 Å². The number of aliphatic carboxylic acids is 1. The van der Waals surface area contributed by atoms with Gasteiger partial charge in [0, 0.05) is 19.4 Å². The average molecular weight is 485 g/mol. The number of rotatable bonds is 14. The molecule has 0 saturated carbocycles. The molecule has 3 aromatic rings. The van der Waals surface area contributed by atoms with Gasteiger partial charge in [-0.1, -0.05) is 99.3 Å². The van der Waals surface area contributed by atoms with Gasteiger partial charge in [0.15, 0.2) is 6.10 Å². The molecule has 4 nitrogen and oxygen atoms in total. The fourth-order valence-corrected chi connectivity index (χ4v) is 4.74. The second kappa shape index (κ2) is 13.1. The summed E-state index contributed by atoms with van der Waals surface area (Å²) in [6.45, 7) is 3.25. The molecule has 0 amide bonds. The second-order valence-corrected chi connectivity index (χ2v) is 9.31. The van der Waals surface area contributed by atoms with Gasteiger partial charge in [0.05, 0.1) is 6.61 Å². The second-order valence-electron chi connectivity index (χ2n) is 9.31. The Morgan fingerprint density at radius 1 is 0.806 bits per heavy atom. The first-order valence-corrected chi connectivity index (χ1v) is 13.1. The molecule has 0 saturated heterocycles. The molecular weight excluding hydrogens is 448 g/mol. The van der Waals surface area contributed by atoms with Crippen molar-refractivity contribution in [2.24, 2.45) is 0 Å². The van der Waals surface area contributed by atoms with Crippen LogP contribution < -0.4 is 4.74 Å². The SMILES string of the molecule is CCCCCCCOC(Cc1ccc(OCCC=C2c3ccccc3-c3ccccc32)cc1)C(=O)O. The number of carboxylic acids is 1. The lowest BCUT2D eigenvalue weighted by molar-refractivity contribution is -0.150. The summed E-state index contributed by atoms with van der Waals surface area (Å²) in [6, 6.07) is 24.8. The summed E-state index contributed by atoms with van der Waals surface area (Å²) in [5.74, 6) is -0.125. The van der Waals surface area contributed by atoms with Crippen molar-refractivity contribution < 1.29 is 19.4 Å². The standard InChI is InChI=1S/C32H36O4/c1-2-3-4-5-10-21-36-31(32(33)34)23-24-17-19-25(20-18-24)35-22-11-16-30-28-14-8-6-12-26(28)27-13-7-9-15-29(27)30/h6-9,12-20,31H,2-5,10-11,21-23H2,1H3,(H,33,34). The minimum Gasteiger partial charge on any atom is -0.493 e. The predicted octanol–water partition coefficient (Wildman–Crippen LogP) is 7.55. The third-order valence-electron chi connectivity index (χ3n) is 6.65. The van der Waals surface area contributed by atoms with Crippen molar-refractivity contribution in [3.8, 4) is 16.9 Å². The third kappa shape index (κ3) is 6.64. The molecule has 4 heteroatoms. The van der Waals surface area contributed by atoms with Crippen LogP contribution in [-0.2, 0) is 16.0 Å². The van der Waals surface area contributed by atoms with Gasteiger partial charge in [0.2, 0.25) is 0 Å². The highest BCUT2D eigenvalue weighted by atomic mass is 16.5. The fourth-order valence-electron chi connectivity index (χ4n) is 4.74. The number of ether oxygens (including phenoxy) is 2. The van der Waals surface area contributed by atoms with E-state index in [0.29, 0.717) is 19.6 Å². The Kier molecular flexibility index (Phi) is 9.34. The van der Waals surface area contributed by atoms with Crippen LogP contribution in [0.15, 0.2) is 78.9 Å². The lowest BCUT2D eigenvalue weighted by Crippen LogP contribution is -2.26. The highest BCUT2D eigenvalue weighted by Crippen LogP contribution is 2.43. The zero-order chi connectivity index (χ0) is 25.2. The van der Waals surface area contributed by atoms with E-state index in [1.165, 1.54) is 47.1 Å². The molecule has 1 atom stereocenters. The summed E-state index contributed by atoms with van der Waals surface area (Å²) >= 11 is 0. The first-order valence-electron chi connectivity index (χ1n) is 13.1. The van der Waals surface area contributed by atoms with Crippen molar-refractivity contribution in [3.05, 3.63) is 95.6 Å². The molecule has 0 fully saturated rings. The molecule has 1 aliphatic rings. The molecule has 0 bridgehead atoms. The monoisotopic (exact) mass is 484 g/mol. The fraction of sp³-hybridized carbons (Fsp3) is 0.344. The summed E-state index contributed by atoms with van der Waals surface area (Å²) in [5.41, 5.74) is 7.33. The maximum absolute atomic E-state index is 11.6. The number of unbranched alkanes of at least 4 members (excludes halogenated alkanes) is 4. The van der Waals surface area contributed by atoms with Crippen LogP contribution in [0.25, 0.3) is 16.7 Å². The van der Waals surface area contributed by atoms with Gasteiger partial charge in [-0.2, -0.15) is 0 Å². The van der Waals surface area contributed by atoms with E-state index in [-0.39, 0.29) is 0 Å². The summed E-state index contributed by atoms with van der Waals surface area (Å²) in [7, 11) is 0. The minimum atomic E-state index is -0.910. The quantitative estimate of drug-likeness (QED) is 0.188. The number of benzene rings is 3. The van der Waals surface area contributed by atoms with Crippen molar-refractivity contribution in [1.29, 1.82) is 0 Å². The van der Waals surface area contributed by atoms with Gasteiger partial charge in [-0.15, -0.1) is 0 Å². The number of carbonyl (C=O) groups is 1. The molecule has 0 radical (unpaired) electrons. The van der Waals surface area contributed by atoms with Crippen molar-refractivity contribution in [1.82, 2.24) is 0 Å². The van der Waals surface area contributed by atoms with Crippen LogP contribution in [-0.4, -0.2) is 30.4 Å². The van der Waals surface area contributed by atoms with Gasteiger partial charge in [0.25, 0.3) is 0 Å². The molecule has 3 aromatic carbocycles. The topological polar surface area (TPSA) is 55.8 Å². The third-order valence-corrected chi connectivity index (χ3v) is 6.65. The molecule has 36 heavy (non-hydrogen) atoms. The summed E-state index contributed by atoms with van der Waals surface area (Å²) in [4.78, 5) is 11.6. The molecule has 1 unspecified atom stereocenters. The summed E-state index contributed by atoms with van der Waals surface area (Å²) in [6.07, 6.45) is 8.18. The average Bonchev–Trinajstić information content (AvgIpc) is 3.22. The van der Waals surface area contributed by atoms with Gasteiger partial charge < -0.3 is 14.6 Å². The van der Waals surface area contributed by atoms with Crippen molar-refractivity contribution in [3.63, 3.8) is 0 Å². The highest BCUT2D eigenvalue weighted by Gasteiger charge is 2.22. The van der Waals surface area contributed by atoms with E-state index in [1.54, 1.807) is 0 Å². The van der Waals surface area contributed by atoms with E-state index in [9.17, 15) is 9.90 Å². The zero-order valence-electron chi connectivity index (χ0n) is 21.1. The van der Waals surface area contributed by atoms with Gasteiger partial charge in [-0.05, 0) is 51.9 Å². The van der Waals surface area contributed by atoms with Gasteiger partial charge in [-0.25, -0.2) is 4.79 Å². The molecule has 1 N–H and O–H groups in total. The van der Waals surface area contributed by atoms with Crippen LogP contribution in [0, 0.1) is 0 Å². The Bertz CT molecular complexity index is 1120. The normalized spacial score (nSPS) is 12.6. The Hall–Kier alpha value is -3.37. The van der Waals surface area contributed by atoms with Crippen LogP contribution >= 0.6 is 0 Å². The van der Waals surface area contributed by atoms with Gasteiger partial charge in [0.1, 0.15) is 5.75 Å². The van der Waals surface area contributed by atoms with Crippen LogP contribution in [0.3, 0.4) is 0 Å². The molecule has 0 spiro atoms. The van der Waals surface area contributed by atoms with E-state index in [4.69, 9.17) is 9.47 Å². The molecular formula is C32H36O4. The Morgan fingerprint density at radius 2 is 1.42 bits per heavy atom. The number of hydrogen-bond donors (Lipinski definition) is 1. The first-order chi connectivity index (χ1) is 17.7. The lowest BCUT2D eigenvalue weighted by atomic mass is 10.0. The van der Waals surface area contributed by atoms with Crippen LogP contribution in [0.2, 0.25) is 0 Å². The smallest absolute Gasteiger partial charge is 0.333 e. The van der Waals surface area contributed by atoms with Crippen molar-refractivity contribution in [2.75, 3.05) is 13.2 Å². The van der Waals surface area contributed by atoms with E-state index in [2.05, 4.69) is 61.5 Å². The number of carboxylic acid groups (broad SMARTS) is 1. The van der Waals surface area contributed by atoms with Gasteiger partial charge in [-0.3, -0.25) is 0 Å². The number of fused-ring (bicyclic) bond motifs is 3. The van der Waals surface area contributed by atoms with Crippen LogP contribution in [0.1, 0.15) is 62.1 Å². The highest BCUT2D eigenvalue weighted by molar-refractivity contribution is 6.01. The molecule has 1 aliphatic carbocycles. The Labute approximate surface area is 214 Å². The van der Waals surface area contributed by atoms with Crippen LogP contribution in [0.5, 0.6) is 5.75 Å². The first kappa shape index (κ1) is 25.7. The largest absolute Gasteiger partial charge is 0.493 e. The van der Waals surface area contributed by atoms with E-state index < -0.39 is 12.1 Å².